The van der Waals surface area contributed by atoms with Gasteiger partial charge in [-0.05, 0) is 28.4 Å². The summed E-state index contributed by atoms with van der Waals surface area (Å²) in [5, 5.41) is 0. The van der Waals surface area contributed by atoms with Crippen molar-refractivity contribution in [1.29, 1.82) is 0 Å². The number of nitrogens with zero attached hydrogens (tertiary/aromatic N) is 2. The molecule has 3 nitrogen and oxygen atoms in total. The minimum Gasteiger partial charge on any atom is -0.330 e. The SMILES string of the molecule is CC(C)Cc1ncc(Br)c(CCN)n1. The van der Waals surface area contributed by atoms with Crippen molar-refractivity contribution in [3.8, 4) is 0 Å². The van der Waals surface area contributed by atoms with E-state index in [1.165, 1.54) is 0 Å². The van der Waals surface area contributed by atoms with Gasteiger partial charge < -0.3 is 5.73 Å². The van der Waals surface area contributed by atoms with Crippen molar-refractivity contribution in [2.24, 2.45) is 11.7 Å². The lowest BCUT2D eigenvalue weighted by molar-refractivity contribution is 0.616. The molecular weight excluding hydrogens is 242 g/mol. The van der Waals surface area contributed by atoms with E-state index in [0.717, 1.165) is 28.8 Å². The van der Waals surface area contributed by atoms with Crippen LogP contribution in [-0.4, -0.2) is 16.5 Å². The third-order valence-corrected chi connectivity index (χ3v) is 2.50. The van der Waals surface area contributed by atoms with Gasteiger partial charge in [0.25, 0.3) is 0 Å². The molecule has 0 radical (unpaired) electrons. The molecule has 0 bridgehead atoms. The Morgan fingerprint density at radius 3 is 2.79 bits per heavy atom. The van der Waals surface area contributed by atoms with Crippen molar-refractivity contribution in [3.63, 3.8) is 0 Å². The number of aromatic nitrogens is 2. The summed E-state index contributed by atoms with van der Waals surface area (Å²) < 4.78 is 0.954. The third kappa shape index (κ3) is 3.35. The summed E-state index contributed by atoms with van der Waals surface area (Å²) in [4.78, 5) is 8.73. The quantitative estimate of drug-likeness (QED) is 0.897. The van der Waals surface area contributed by atoms with Gasteiger partial charge in [-0.3, -0.25) is 0 Å². The molecule has 4 heteroatoms. The molecule has 0 amide bonds. The van der Waals surface area contributed by atoms with Gasteiger partial charge in [0, 0.05) is 19.0 Å². The van der Waals surface area contributed by atoms with Crippen LogP contribution in [0.25, 0.3) is 0 Å². The Morgan fingerprint density at radius 2 is 2.21 bits per heavy atom. The molecule has 0 unspecified atom stereocenters. The highest BCUT2D eigenvalue weighted by molar-refractivity contribution is 9.10. The van der Waals surface area contributed by atoms with E-state index in [4.69, 9.17) is 5.73 Å². The van der Waals surface area contributed by atoms with Crippen LogP contribution in [0.3, 0.4) is 0 Å². The fourth-order valence-corrected chi connectivity index (χ4v) is 1.61. The van der Waals surface area contributed by atoms with Crippen LogP contribution in [0.15, 0.2) is 10.7 Å². The predicted octanol–water partition coefficient (Wildman–Crippen LogP) is 1.94. The second kappa shape index (κ2) is 5.41. The Morgan fingerprint density at radius 1 is 1.50 bits per heavy atom. The molecule has 1 rings (SSSR count). The van der Waals surface area contributed by atoms with Gasteiger partial charge in [0.05, 0.1) is 10.2 Å². The van der Waals surface area contributed by atoms with E-state index < -0.39 is 0 Å². The van der Waals surface area contributed by atoms with Crippen molar-refractivity contribution in [1.82, 2.24) is 9.97 Å². The minimum absolute atomic E-state index is 0.585. The number of rotatable bonds is 4. The van der Waals surface area contributed by atoms with E-state index in [1.54, 1.807) is 0 Å². The molecule has 1 aromatic rings. The molecule has 0 aromatic carbocycles. The van der Waals surface area contributed by atoms with Gasteiger partial charge in [0.1, 0.15) is 5.82 Å². The first-order chi connectivity index (χ1) is 6.63. The molecule has 0 atom stereocenters. The first-order valence-electron chi connectivity index (χ1n) is 4.83. The van der Waals surface area contributed by atoms with Gasteiger partial charge in [-0.1, -0.05) is 13.8 Å². The predicted molar refractivity (Wildman–Crippen MR) is 61.0 cm³/mol. The molecule has 0 saturated carbocycles. The maximum Gasteiger partial charge on any atom is 0.128 e. The molecule has 1 heterocycles. The molecule has 0 aliphatic rings. The average molecular weight is 258 g/mol. The van der Waals surface area contributed by atoms with Crippen LogP contribution in [0.5, 0.6) is 0 Å². The second-order valence-electron chi connectivity index (χ2n) is 3.72. The van der Waals surface area contributed by atoms with Crippen molar-refractivity contribution < 1.29 is 0 Å². The zero-order valence-electron chi connectivity index (χ0n) is 8.63. The number of nitrogens with two attached hydrogens (primary N) is 1. The lowest BCUT2D eigenvalue weighted by atomic mass is 10.1. The first kappa shape index (κ1) is 11.6. The molecule has 2 N–H and O–H groups in total. The molecule has 0 aliphatic carbocycles. The topological polar surface area (TPSA) is 51.8 Å². The highest BCUT2D eigenvalue weighted by Crippen LogP contribution is 2.14. The Balaban J connectivity index is 2.83. The maximum atomic E-state index is 5.50. The van der Waals surface area contributed by atoms with Crippen LogP contribution < -0.4 is 5.73 Å². The van der Waals surface area contributed by atoms with E-state index in [2.05, 4.69) is 39.7 Å². The lowest BCUT2D eigenvalue weighted by Gasteiger charge is -2.06. The summed E-state index contributed by atoms with van der Waals surface area (Å²) in [7, 11) is 0. The average Bonchev–Trinajstić information content (AvgIpc) is 2.10. The van der Waals surface area contributed by atoms with Gasteiger partial charge in [0.15, 0.2) is 0 Å². The van der Waals surface area contributed by atoms with E-state index in [-0.39, 0.29) is 0 Å². The molecule has 14 heavy (non-hydrogen) atoms. The molecular formula is C10H16BrN3. The van der Waals surface area contributed by atoms with E-state index in [9.17, 15) is 0 Å². The van der Waals surface area contributed by atoms with Gasteiger partial charge in [-0.15, -0.1) is 0 Å². The van der Waals surface area contributed by atoms with Gasteiger partial charge in [0.2, 0.25) is 0 Å². The monoisotopic (exact) mass is 257 g/mol. The normalized spacial score (nSPS) is 10.9. The Hall–Kier alpha value is -0.480. The van der Waals surface area contributed by atoms with Crippen molar-refractivity contribution >= 4 is 15.9 Å². The van der Waals surface area contributed by atoms with Crippen molar-refractivity contribution in [2.75, 3.05) is 6.54 Å². The molecule has 0 saturated heterocycles. The molecule has 1 aromatic heterocycles. The van der Waals surface area contributed by atoms with Gasteiger partial charge in [-0.25, -0.2) is 9.97 Å². The van der Waals surface area contributed by atoms with Crippen LogP contribution in [-0.2, 0) is 12.8 Å². The maximum absolute atomic E-state index is 5.50. The highest BCUT2D eigenvalue weighted by atomic mass is 79.9. The number of hydrogen-bond donors (Lipinski definition) is 1. The van der Waals surface area contributed by atoms with E-state index in [0.29, 0.717) is 12.5 Å². The smallest absolute Gasteiger partial charge is 0.128 e. The van der Waals surface area contributed by atoms with Gasteiger partial charge >= 0.3 is 0 Å². The second-order valence-corrected chi connectivity index (χ2v) is 4.57. The summed E-state index contributed by atoms with van der Waals surface area (Å²) in [6.07, 6.45) is 3.54. The number of hydrogen-bond acceptors (Lipinski definition) is 3. The number of halogens is 1. The molecule has 0 aliphatic heterocycles. The summed E-state index contributed by atoms with van der Waals surface area (Å²) in [5.41, 5.74) is 6.51. The van der Waals surface area contributed by atoms with E-state index in [1.807, 2.05) is 6.20 Å². The Kier molecular flexibility index (Phi) is 4.48. The van der Waals surface area contributed by atoms with Crippen LogP contribution in [0.2, 0.25) is 0 Å². The van der Waals surface area contributed by atoms with E-state index >= 15 is 0 Å². The van der Waals surface area contributed by atoms with Crippen molar-refractivity contribution in [3.05, 3.63) is 22.2 Å². The van der Waals surface area contributed by atoms with Crippen LogP contribution in [0, 0.1) is 5.92 Å². The summed E-state index contributed by atoms with van der Waals surface area (Å²) >= 11 is 3.42. The van der Waals surface area contributed by atoms with Gasteiger partial charge in [-0.2, -0.15) is 0 Å². The fourth-order valence-electron chi connectivity index (χ4n) is 1.22. The molecule has 0 spiro atoms. The van der Waals surface area contributed by atoms with Crippen LogP contribution >= 0.6 is 15.9 Å². The summed E-state index contributed by atoms with van der Waals surface area (Å²) in [6.45, 7) is 4.94. The lowest BCUT2D eigenvalue weighted by Crippen LogP contribution is -2.09. The molecule has 78 valence electrons. The largest absolute Gasteiger partial charge is 0.330 e. The molecule has 0 fully saturated rings. The summed E-state index contributed by atoms with van der Waals surface area (Å²) in [6, 6.07) is 0. The third-order valence-electron chi connectivity index (χ3n) is 1.84. The Bertz CT molecular complexity index is 299. The first-order valence-corrected chi connectivity index (χ1v) is 5.63. The minimum atomic E-state index is 0.585. The standard InChI is InChI=1S/C10H16BrN3/c1-7(2)5-10-13-6-8(11)9(14-10)3-4-12/h6-7H,3-5,12H2,1-2H3. The zero-order valence-corrected chi connectivity index (χ0v) is 10.2. The zero-order chi connectivity index (χ0) is 10.6. The Labute approximate surface area is 93.3 Å². The van der Waals surface area contributed by atoms with Crippen LogP contribution in [0.1, 0.15) is 25.4 Å². The highest BCUT2D eigenvalue weighted by Gasteiger charge is 2.05. The van der Waals surface area contributed by atoms with Crippen LogP contribution in [0.4, 0.5) is 0 Å². The van der Waals surface area contributed by atoms with Crippen molar-refractivity contribution in [2.45, 2.75) is 26.7 Å². The fraction of sp³-hybridized carbons (Fsp3) is 0.600. The summed E-state index contributed by atoms with van der Waals surface area (Å²) in [5.74, 6) is 1.49.